The maximum Gasteiger partial charge on any atom is 0.223 e. The summed E-state index contributed by atoms with van der Waals surface area (Å²) in [6.45, 7) is 5.48. The average molecular weight is 355 g/mol. The van der Waals surface area contributed by atoms with Gasteiger partial charge >= 0.3 is 0 Å². The number of hydrogen-bond donors (Lipinski definition) is 1. The van der Waals surface area contributed by atoms with Crippen LogP contribution >= 0.6 is 0 Å². The van der Waals surface area contributed by atoms with Crippen molar-refractivity contribution in [3.05, 3.63) is 35.4 Å². The van der Waals surface area contributed by atoms with Crippen molar-refractivity contribution in [3.63, 3.8) is 0 Å². The Morgan fingerprint density at radius 3 is 2.54 bits per heavy atom. The number of nitrogens with zero attached hydrogens (tertiary/aromatic N) is 1. The van der Waals surface area contributed by atoms with Crippen LogP contribution in [-0.4, -0.2) is 36.5 Å². The Balaban J connectivity index is 1.20. The van der Waals surface area contributed by atoms with Gasteiger partial charge in [-0.3, -0.25) is 4.79 Å². The summed E-state index contributed by atoms with van der Waals surface area (Å²) < 4.78 is 0. The highest BCUT2D eigenvalue weighted by Gasteiger charge is 2.46. The molecule has 2 aliphatic carbocycles. The van der Waals surface area contributed by atoms with Crippen molar-refractivity contribution in [2.24, 2.45) is 11.3 Å². The van der Waals surface area contributed by atoms with E-state index in [4.69, 9.17) is 0 Å². The van der Waals surface area contributed by atoms with Crippen LogP contribution in [0.5, 0.6) is 0 Å². The standard InChI is InChI=1S/C23H34N2O/c1-2-18-5-3-4-6-19(18)9-15-25-16-10-21(17-25)24-22(26)20-7-11-23(12-8-20)13-14-23/h3-6,20-21H,2,7-17H2,1H3,(H,24,26). The second kappa shape index (κ2) is 7.72. The number of likely N-dealkylation sites (tertiary alicyclic amines) is 1. The topological polar surface area (TPSA) is 32.3 Å². The van der Waals surface area contributed by atoms with E-state index >= 15 is 0 Å². The Bertz CT molecular complexity index is 627. The van der Waals surface area contributed by atoms with E-state index in [0.717, 1.165) is 51.7 Å². The third-order valence-electron chi connectivity index (χ3n) is 7.19. The van der Waals surface area contributed by atoms with Crippen molar-refractivity contribution in [1.29, 1.82) is 0 Å². The van der Waals surface area contributed by atoms with Gasteiger partial charge < -0.3 is 10.2 Å². The fourth-order valence-electron chi connectivity index (χ4n) is 5.07. The number of rotatable bonds is 6. The van der Waals surface area contributed by atoms with E-state index < -0.39 is 0 Å². The minimum absolute atomic E-state index is 0.284. The molecule has 1 aromatic rings. The molecule has 1 N–H and O–H groups in total. The molecule has 3 fully saturated rings. The molecule has 0 aromatic heterocycles. The zero-order valence-corrected chi connectivity index (χ0v) is 16.3. The third-order valence-corrected chi connectivity index (χ3v) is 7.19. The smallest absolute Gasteiger partial charge is 0.223 e. The quantitative estimate of drug-likeness (QED) is 0.839. The van der Waals surface area contributed by atoms with E-state index in [1.807, 2.05) is 0 Å². The highest BCUT2D eigenvalue weighted by molar-refractivity contribution is 5.79. The van der Waals surface area contributed by atoms with Crippen LogP contribution in [0.3, 0.4) is 0 Å². The van der Waals surface area contributed by atoms with Gasteiger partial charge in [-0.15, -0.1) is 0 Å². The molecule has 26 heavy (non-hydrogen) atoms. The molecule has 0 bridgehead atoms. The highest BCUT2D eigenvalue weighted by Crippen LogP contribution is 2.57. The highest BCUT2D eigenvalue weighted by atomic mass is 16.2. The average Bonchev–Trinajstić information content (AvgIpc) is 3.27. The fraction of sp³-hybridized carbons (Fsp3) is 0.696. The maximum atomic E-state index is 12.6. The van der Waals surface area contributed by atoms with Crippen molar-refractivity contribution in [2.75, 3.05) is 19.6 Å². The van der Waals surface area contributed by atoms with Crippen LogP contribution in [0.4, 0.5) is 0 Å². The molecular formula is C23H34N2O. The molecule has 1 heterocycles. The number of aryl methyl sites for hydroxylation is 1. The van der Waals surface area contributed by atoms with E-state index in [9.17, 15) is 4.79 Å². The summed E-state index contributed by atoms with van der Waals surface area (Å²) in [5.41, 5.74) is 3.64. The first kappa shape index (κ1) is 18.0. The van der Waals surface area contributed by atoms with Crippen LogP contribution in [0.15, 0.2) is 24.3 Å². The first-order chi connectivity index (χ1) is 12.7. The van der Waals surface area contributed by atoms with Crippen LogP contribution in [0.2, 0.25) is 0 Å². The van der Waals surface area contributed by atoms with Crippen molar-refractivity contribution in [3.8, 4) is 0 Å². The van der Waals surface area contributed by atoms with E-state index in [1.54, 1.807) is 0 Å². The molecule has 1 unspecified atom stereocenters. The lowest BCUT2D eigenvalue weighted by atomic mass is 9.79. The molecule has 1 amide bonds. The number of carbonyl (C=O) groups excluding carboxylic acids is 1. The summed E-state index contributed by atoms with van der Waals surface area (Å²) in [5, 5.41) is 3.37. The van der Waals surface area contributed by atoms with E-state index in [2.05, 4.69) is 41.4 Å². The minimum Gasteiger partial charge on any atom is -0.352 e. The lowest BCUT2D eigenvalue weighted by Gasteiger charge is -2.28. The van der Waals surface area contributed by atoms with Crippen LogP contribution in [0, 0.1) is 11.3 Å². The first-order valence-corrected chi connectivity index (χ1v) is 10.8. The third kappa shape index (κ3) is 4.14. The Kier molecular flexibility index (Phi) is 5.35. The number of hydrogen-bond acceptors (Lipinski definition) is 2. The molecule has 1 aliphatic heterocycles. The SMILES string of the molecule is CCc1ccccc1CCN1CCC(NC(=O)C2CCC3(CC2)CC3)C1. The lowest BCUT2D eigenvalue weighted by Crippen LogP contribution is -2.41. The minimum atomic E-state index is 0.284. The molecule has 142 valence electrons. The van der Waals surface area contributed by atoms with Gasteiger partial charge in [0.15, 0.2) is 0 Å². The zero-order valence-electron chi connectivity index (χ0n) is 16.3. The number of carbonyl (C=O) groups is 1. The van der Waals surface area contributed by atoms with Crippen molar-refractivity contribution >= 4 is 5.91 Å². The molecule has 0 radical (unpaired) electrons. The normalized spacial score (nSPS) is 25.5. The maximum absolute atomic E-state index is 12.6. The molecule has 2 saturated carbocycles. The second-order valence-electron chi connectivity index (χ2n) is 8.94. The summed E-state index contributed by atoms with van der Waals surface area (Å²) >= 11 is 0. The molecule has 1 atom stereocenters. The first-order valence-electron chi connectivity index (χ1n) is 10.8. The van der Waals surface area contributed by atoms with Gasteiger partial charge in [0.2, 0.25) is 5.91 Å². The molecule has 1 aromatic carbocycles. The van der Waals surface area contributed by atoms with E-state index in [-0.39, 0.29) is 5.92 Å². The summed E-state index contributed by atoms with van der Waals surface area (Å²) in [6.07, 6.45) is 11.0. The van der Waals surface area contributed by atoms with Crippen LogP contribution in [-0.2, 0) is 17.6 Å². The Morgan fingerprint density at radius 1 is 1.12 bits per heavy atom. The Hall–Kier alpha value is -1.35. The Labute approximate surface area is 158 Å². The predicted molar refractivity (Wildman–Crippen MR) is 106 cm³/mol. The van der Waals surface area contributed by atoms with Crippen molar-refractivity contribution < 1.29 is 4.79 Å². The summed E-state index contributed by atoms with van der Waals surface area (Å²) in [6, 6.07) is 9.17. The molecule has 3 nitrogen and oxygen atoms in total. The number of amides is 1. The predicted octanol–water partition coefficient (Wildman–Crippen LogP) is 3.95. The Morgan fingerprint density at radius 2 is 1.85 bits per heavy atom. The summed E-state index contributed by atoms with van der Waals surface area (Å²) in [7, 11) is 0. The van der Waals surface area contributed by atoms with Gasteiger partial charge in [-0.05, 0) is 74.3 Å². The molecule has 3 aliphatic rings. The van der Waals surface area contributed by atoms with Gasteiger partial charge in [-0.1, -0.05) is 31.2 Å². The zero-order chi connectivity index (χ0) is 18.0. The lowest BCUT2D eigenvalue weighted by molar-refractivity contribution is -0.127. The fourth-order valence-corrected chi connectivity index (χ4v) is 5.07. The molecule has 1 saturated heterocycles. The molecule has 1 spiro atoms. The molecular weight excluding hydrogens is 320 g/mol. The molecule has 4 rings (SSSR count). The van der Waals surface area contributed by atoms with Crippen LogP contribution in [0.1, 0.15) is 63.0 Å². The number of benzene rings is 1. The van der Waals surface area contributed by atoms with Crippen molar-refractivity contribution in [1.82, 2.24) is 10.2 Å². The van der Waals surface area contributed by atoms with Gasteiger partial charge in [-0.2, -0.15) is 0 Å². The van der Waals surface area contributed by atoms with Gasteiger partial charge in [0.1, 0.15) is 0 Å². The monoisotopic (exact) mass is 354 g/mol. The van der Waals surface area contributed by atoms with Crippen LogP contribution < -0.4 is 5.32 Å². The van der Waals surface area contributed by atoms with Gasteiger partial charge in [0.05, 0.1) is 0 Å². The van der Waals surface area contributed by atoms with E-state index in [0.29, 0.717) is 17.4 Å². The van der Waals surface area contributed by atoms with Gasteiger partial charge in [0, 0.05) is 31.6 Å². The largest absolute Gasteiger partial charge is 0.352 e. The summed E-state index contributed by atoms with van der Waals surface area (Å²) in [5.74, 6) is 0.621. The van der Waals surface area contributed by atoms with Gasteiger partial charge in [0.25, 0.3) is 0 Å². The molecule has 3 heteroatoms. The second-order valence-corrected chi connectivity index (χ2v) is 8.94. The number of nitrogens with one attached hydrogen (secondary N) is 1. The van der Waals surface area contributed by atoms with E-state index in [1.165, 1.54) is 36.8 Å². The summed E-state index contributed by atoms with van der Waals surface area (Å²) in [4.78, 5) is 15.2. The van der Waals surface area contributed by atoms with Crippen molar-refractivity contribution in [2.45, 2.75) is 70.8 Å². The van der Waals surface area contributed by atoms with Gasteiger partial charge in [-0.25, -0.2) is 0 Å². The van der Waals surface area contributed by atoms with Crippen LogP contribution in [0.25, 0.3) is 0 Å².